The van der Waals surface area contributed by atoms with E-state index in [2.05, 4.69) is 37.1 Å². The molecule has 0 unspecified atom stereocenters. The minimum atomic E-state index is 0.0379. The number of hydrogen-bond donors (Lipinski definition) is 1. The van der Waals surface area contributed by atoms with Crippen LogP contribution in [0.1, 0.15) is 16.7 Å². The van der Waals surface area contributed by atoms with Crippen molar-refractivity contribution in [2.45, 2.75) is 20.8 Å². The van der Waals surface area contributed by atoms with Crippen LogP contribution in [0.4, 0.5) is 0 Å². The number of aryl methyl sites for hydroxylation is 3. The average molecular weight is 216 g/mol. The predicted molar refractivity (Wildman–Crippen MR) is 65.7 cm³/mol. The Morgan fingerprint density at radius 2 is 1.88 bits per heavy atom. The van der Waals surface area contributed by atoms with Gasteiger partial charge in [-0.2, -0.15) is 0 Å². The lowest BCUT2D eigenvalue weighted by molar-refractivity contribution is 0.741. The highest BCUT2D eigenvalue weighted by Gasteiger charge is 2.11. The molecule has 0 aliphatic heterocycles. The molecule has 0 atom stereocenters. The Labute approximate surface area is 94.7 Å². The summed E-state index contributed by atoms with van der Waals surface area (Å²) in [7, 11) is 1.74. The molecule has 1 heterocycles. The fraction of sp³-hybridized carbons (Fsp3) is 0.308. The van der Waals surface area contributed by atoms with Crippen LogP contribution in [0.25, 0.3) is 11.3 Å². The molecule has 1 aromatic carbocycles. The Kier molecular flexibility index (Phi) is 2.46. The molecule has 2 rings (SSSR count). The van der Waals surface area contributed by atoms with Gasteiger partial charge in [-0.3, -0.25) is 14.6 Å². The van der Waals surface area contributed by atoms with Crippen molar-refractivity contribution in [3.05, 3.63) is 45.2 Å². The van der Waals surface area contributed by atoms with Gasteiger partial charge in [0.2, 0.25) is 0 Å². The van der Waals surface area contributed by atoms with Gasteiger partial charge in [-0.05, 0) is 32.4 Å². The van der Waals surface area contributed by atoms with Gasteiger partial charge in [0.15, 0.2) is 0 Å². The van der Waals surface area contributed by atoms with Gasteiger partial charge in [-0.1, -0.05) is 17.7 Å². The van der Waals surface area contributed by atoms with Gasteiger partial charge in [0, 0.05) is 18.2 Å². The Balaban J connectivity index is 2.72. The van der Waals surface area contributed by atoms with E-state index in [-0.39, 0.29) is 5.56 Å². The predicted octanol–water partition coefficient (Wildman–Crippen LogP) is 2.31. The number of nitrogens with zero attached hydrogens (tertiary/aromatic N) is 1. The van der Waals surface area contributed by atoms with Crippen LogP contribution >= 0.6 is 0 Å². The molecule has 3 nitrogen and oxygen atoms in total. The van der Waals surface area contributed by atoms with Crippen LogP contribution in [0, 0.1) is 20.8 Å². The first-order valence-electron chi connectivity index (χ1n) is 5.34. The minimum absolute atomic E-state index is 0.0379. The van der Waals surface area contributed by atoms with Gasteiger partial charge < -0.3 is 0 Å². The molecule has 1 aromatic heterocycles. The molecule has 1 N–H and O–H groups in total. The largest absolute Gasteiger partial charge is 0.295 e. The zero-order valence-electron chi connectivity index (χ0n) is 10.1. The summed E-state index contributed by atoms with van der Waals surface area (Å²) in [6.07, 6.45) is 0. The number of benzene rings is 1. The van der Waals surface area contributed by atoms with Crippen molar-refractivity contribution in [1.29, 1.82) is 0 Å². The van der Waals surface area contributed by atoms with Gasteiger partial charge in [0.05, 0.1) is 5.69 Å². The third-order valence-electron chi connectivity index (χ3n) is 2.94. The molecule has 0 spiro atoms. The Morgan fingerprint density at radius 3 is 2.44 bits per heavy atom. The minimum Gasteiger partial charge on any atom is -0.295 e. The molecule has 2 aromatic rings. The number of rotatable bonds is 1. The fourth-order valence-corrected chi connectivity index (χ4v) is 1.93. The second kappa shape index (κ2) is 3.67. The van der Waals surface area contributed by atoms with Crippen molar-refractivity contribution < 1.29 is 0 Å². The molecule has 0 aliphatic carbocycles. The number of aromatic nitrogens is 2. The van der Waals surface area contributed by atoms with Crippen molar-refractivity contribution in [2.24, 2.45) is 7.05 Å². The molecular formula is C13H16N2O. The zero-order valence-corrected chi connectivity index (χ0v) is 10.1. The van der Waals surface area contributed by atoms with Gasteiger partial charge in [0.25, 0.3) is 5.56 Å². The highest BCUT2D eigenvalue weighted by atomic mass is 16.1. The van der Waals surface area contributed by atoms with Crippen LogP contribution < -0.4 is 5.56 Å². The van der Waals surface area contributed by atoms with E-state index in [1.807, 2.05) is 6.92 Å². The van der Waals surface area contributed by atoms with Crippen molar-refractivity contribution in [3.8, 4) is 11.3 Å². The molecule has 0 fully saturated rings. The second-order valence-electron chi connectivity index (χ2n) is 4.29. The Bertz CT molecular complexity index is 590. The van der Waals surface area contributed by atoms with E-state index >= 15 is 0 Å². The number of hydrogen-bond acceptors (Lipinski definition) is 1. The van der Waals surface area contributed by atoms with E-state index in [1.54, 1.807) is 7.05 Å². The first-order valence-corrected chi connectivity index (χ1v) is 5.34. The summed E-state index contributed by atoms with van der Waals surface area (Å²) in [5, 5.41) is 3.10. The summed E-state index contributed by atoms with van der Waals surface area (Å²) in [6.45, 7) is 5.97. The summed E-state index contributed by atoms with van der Waals surface area (Å²) in [5.74, 6) is 0. The normalized spacial score (nSPS) is 10.8. The molecule has 16 heavy (non-hydrogen) atoms. The molecular weight excluding hydrogens is 200 g/mol. The SMILES string of the molecule is Cc1ccc(C)c(-c2[nH]n(C)c(=O)c2C)c1. The quantitative estimate of drug-likeness (QED) is 0.780. The smallest absolute Gasteiger partial charge is 0.269 e. The van der Waals surface area contributed by atoms with Crippen molar-refractivity contribution in [1.82, 2.24) is 9.78 Å². The highest BCUT2D eigenvalue weighted by Crippen LogP contribution is 2.24. The topological polar surface area (TPSA) is 37.8 Å². The van der Waals surface area contributed by atoms with Crippen molar-refractivity contribution >= 4 is 0 Å². The molecule has 0 bridgehead atoms. The summed E-state index contributed by atoms with van der Waals surface area (Å²) in [5.41, 5.74) is 5.22. The van der Waals surface area contributed by atoms with Gasteiger partial charge in [0.1, 0.15) is 0 Å². The fourth-order valence-electron chi connectivity index (χ4n) is 1.93. The van der Waals surface area contributed by atoms with Crippen LogP contribution in [0.5, 0.6) is 0 Å². The Hall–Kier alpha value is -1.77. The second-order valence-corrected chi connectivity index (χ2v) is 4.29. The highest BCUT2D eigenvalue weighted by molar-refractivity contribution is 5.66. The molecule has 3 heteroatoms. The van der Waals surface area contributed by atoms with E-state index in [0.717, 1.165) is 16.8 Å². The van der Waals surface area contributed by atoms with E-state index < -0.39 is 0 Å². The van der Waals surface area contributed by atoms with E-state index in [0.29, 0.717) is 0 Å². The molecule has 0 radical (unpaired) electrons. The van der Waals surface area contributed by atoms with Crippen molar-refractivity contribution in [2.75, 3.05) is 0 Å². The molecule has 84 valence electrons. The number of H-pyrrole nitrogens is 1. The van der Waals surface area contributed by atoms with E-state index in [9.17, 15) is 4.79 Å². The van der Waals surface area contributed by atoms with Gasteiger partial charge >= 0.3 is 0 Å². The van der Waals surface area contributed by atoms with Crippen molar-refractivity contribution in [3.63, 3.8) is 0 Å². The lowest BCUT2D eigenvalue weighted by Gasteiger charge is -2.05. The van der Waals surface area contributed by atoms with Crippen LogP contribution in [0.15, 0.2) is 23.0 Å². The first-order chi connectivity index (χ1) is 7.50. The monoisotopic (exact) mass is 216 g/mol. The zero-order chi connectivity index (χ0) is 11.9. The molecule has 0 amide bonds. The van der Waals surface area contributed by atoms with Crippen LogP contribution in [-0.2, 0) is 7.05 Å². The molecule has 0 aliphatic rings. The summed E-state index contributed by atoms with van der Waals surface area (Å²) >= 11 is 0. The van der Waals surface area contributed by atoms with Crippen LogP contribution in [0.2, 0.25) is 0 Å². The molecule has 0 saturated heterocycles. The maximum atomic E-state index is 11.7. The first kappa shape index (κ1) is 10.7. The summed E-state index contributed by atoms with van der Waals surface area (Å²) < 4.78 is 1.52. The number of nitrogens with one attached hydrogen (secondary N) is 1. The maximum absolute atomic E-state index is 11.7. The third kappa shape index (κ3) is 1.58. The van der Waals surface area contributed by atoms with E-state index in [1.165, 1.54) is 15.8 Å². The van der Waals surface area contributed by atoms with Crippen LogP contribution in [0.3, 0.4) is 0 Å². The maximum Gasteiger partial charge on any atom is 0.269 e. The van der Waals surface area contributed by atoms with Crippen LogP contribution in [-0.4, -0.2) is 9.78 Å². The summed E-state index contributed by atoms with van der Waals surface area (Å²) in [6, 6.07) is 6.26. The lowest BCUT2D eigenvalue weighted by atomic mass is 10.0. The number of aromatic amines is 1. The van der Waals surface area contributed by atoms with E-state index in [4.69, 9.17) is 0 Å². The molecule has 0 saturated carbocycles. The standard InChI is InChI=1S/C13H16N2O/c1-8-5-6-9(2)11(7-8)12-10(3)13(16)15(4)14-12/h5-7,14H,1-4H3. The van der Waals surface area contributed by atoms with Gasteiger partial charge in [-0.15, -0.1) is 0 Å². The van der Waals surface area contributed by atoms with Gasteiger partial charge in [-0.25, -0.2) is 0 Å². The third-order valence-corrected chi connectivity index (χ3v) is 2.94. The Morgan fingerprint density at radius 1 is 1.19 bits per heavy atom. The summed E-state index contributed by atoms with van der Waals surface area (Å²) in [4.78, 5) is 11.7. The average Bonchev–Trinajstić information content (AvgIpc) is 2.50. The lowest BCUT2D eigenvalue weighted by Crippen LogP contribution is -2.12.